The van der Waals surface area contributed by atoms with Crippen molar-refractivity contribution in [3.05, 3.63) is 52.3 Å². The first kappa shape index (κ1) is 17.6. The average molecular weight is 331 g/mol. The molecule has 1 heterocycles. The van der Waals surface area contributed by atoms with Crippen LogP contribution in [0.15, 0.2) is 36.7 Å². The molecule has 0 aliphatic carbocycles. The average Bonchev–Trinajstić information content (AvgIpc) is 2.56. The summed E-state index contributed by atoms with van der Waals surface area (Å²) in [6.45, 7) is 2.81. The van der Waals surface area contributed by atoms with Crippen LogP contribution in [0.3, 0.4) is 0 Å². The third-order valence-electron chi connectivity index (χ3n) is 3.35. The Labute approximate surface area is 140 Å². The summed E-state index contributed by atoms with van der Waals surface area (Å²) in [7, 11) is 1.57. The van der Waals surface area contributed by atoms with Crippen LogP contribution in [-0.4, -0.2) is 41.2 Å². The third kappa shape index (κ3) is 4.88. The van der Waals surface area contributed by atoms with Crippen molar-refractivity contribution in [1.82, 2.24) is 9.97 Å². The van der Waals surface area contributed by atoms with Crippen LogP contribution in [-0.2, 0) is 11.2 Å². The standard InChI is InChI=1S/C16H21N5O3/c1-12(10-24-2)20-16-14(21(22)23)15(18-11-19-16)17-9-8-13-6-4-3-5-7-13/h3-7,11-12H,8-10H2,1-2H3,(H2,17,18,19,20). The number of nitrogens with zero attached hydrogens (tertiary/aromatic N) is 3. The molecular weight excluding hydrogens is 310 g/mol. The van der Waals surface area contributed by atoms with Gasteiger partial charge in [-0.05, 0) is 18.9 Å². The molecule has 0 fully saturated rings. The smallest absolute Gasteiger partial charge is 0.353 e. The molecule has 2 aromatic rings. The molecule has 0 spiro atoms. The number of anilines is 2. The van der Waals surface area contributed by atoms with Gasteiger partial charge < -0.3 is 15.4 Å². The number of ether oxygens (including phenoxy) is 1. The molecule has 128 valence electrons. The molecule has 8 nitrogen and oxygen atoms in total. The Morgan fingerprint density at radius 1 is 1.25 bits per heavy atom. The number of nitro groups is 1. The van der Waals surface area contributed by atoms with E-state index in [1.165, 1.54) is 6.33 Å². The topological polar surface area (TPSA) is 102 Å². The fourth-order valence-corrected chi connectivity index (χ4v) is 2.28. The summed E-state index contributed by atoms with van der Waals surface area (Å²) in [6.07, 6.45) is 2.05. The van der Waals surface area contributed by atoms with E-state index in [1.807, 2.05) is 37.3 Å². The Bertz CT molecular complexity index is 666. The number of rotatable bonds is 9. The van der Waals surface area contributed by atoms with E-state index >= 15 is 0 Å². The molecule has 0 saturated carbocycles. The van der Waals surface area contributed by atoms with Crippen molar-refractivity contribution < 1.29 is 9.66 Å². The van der Waals surface area contributed by atoms with Crippen LogP contribution in [0.4, 0.5) is 17.3 Å². The summed E-state index contributed by atoms with van der Waals surface area (Å²) in [5, 5.41) is 17.4. The van der Waals surface area contributed by atoms with Crippen LogP contribution in [0.1, 0.15) is 12.5 Å². The SMILES string of the molecule is COCC(C)Nc1ncnc(NCCc2ccccc2)c1[N+](=O)[O-]. The monoisotopic (exact) mass is 331 g/mol. The largest absolute Gasteiger partial charge is 0.383 e. The van der Waals surface area contributed by atoms with Gasteiger partial charge in [0.05, 0.1) is 11.5 Å². The lowest BCUT2D eigenvalue weighted by Gasteiger charge is -2.14. The van der Waals surface area contributed by atoms with Crippen molar-refractivity contribution in [3.8, 4) is 0 Å². The second-order valence-corrected chi connectivity index (χ2v) is 5.34. The van der Waals surface area contributed by atoms with Gasteiger partial charge in [-0.3, -0.25) is 10.1 Å². The van der Waals surface area contributed by atoms with Crippen LogP contribution >= 0.6 is 0 Å². The van der Waals surface area contributed by atoms with Crippen molar-refractivity contribution in [3.63, 3.8) is 0 Å². The highest BCUT2D eigenvalue weighted by atomic mass is 16.6. The second-order valence-electron chi connectivity index (χ2n) is 5.34. The number of benzene rings is 1. The summed E-state index contributed by atoms with van der Waals surface area (Å²) in [4.78, 5) is 18.9. The van der Waals surface area contributed by atoms with Crippen LogP contribution in [0, 0.1) is 10.1 Å². The van der Waals surface area contributed by atoms with Crippen molar-refractivity contribution in [2.45, 2.75) is 19.4 Å². The van der Waals surface area contributed by atoms with Gasteiger partial charge in [-0.25, -0.2) is 9.97 Å². The molecule has 0 aliphatic heterocycles. The first-order chi connectivity index (χ1) is 11.6. The number of methoxy groups -OCH3 is 1. The highest BCUT2D eigenvalue weighted by molar-refractivity contribution is 5.69. The van der Waals surface area contributed by atoms with Gasteiger partial charge in [-0.2, -0.15) is 0 Å². The Morgan fingerprint density at radius 2 is 1.96 bits per heavy atom. The van der Waals surface area contributed by atoms with Crippen molar-refractivity contribution >= 4 is 17.3 Å². The zero-order valence-electron chi connectivity index (χ0n) is 13.7. The number of hydrogen-bond acceptors (Lipinski definition) is 7. The summed E-state index contributed by atoms with van der Waals surface area (Å²) in [5.74, 6) is 0.389. The Morgan fingerprint density at radius 3 is 2.62 bits per heavy atom. The Kier molecular flexibility index (Phi) is 6.44. The molecule has 0 bridgehead atoms. The van der Waals surface area contributed by atoms with E-state index in [9.17, 15) is 10.1 Å². The molecule has 1 unspecified atom stereocenters. The maximum absolute atomic E-state index is 11.4. The maximum atomic E-state index is 11.4. The summed E-state index contributed by atoms with van der Waals surface area (Å²) in [6, 6.07) is 9.78. The lowest BCUT2D eigenvalue weighted by Crippen LogP contribution is -2.22. The fourth-order valence-electron chi connectivity index (χ4n) is 2.28. The predicted molar refractivity (Wildman–Crippen MR) is 92.3 cm³/mol. The maximum Gasteiger partial charge on any atom is 0.353 e. The molecule has 2 rings (SSSR count). The minimum absolute atomic E-state index is 0.110. The first-order valence-corrected chi connectivity index (χ1v) is 7.64. The van der Waals surface area contributed by atoms with Crippen molar-refractivity contribution in [1.29, 1.82) is 0 Å². The number of hydrogen-bond donors (Lipinski definition) is 2. The third-order valence-corrected chi connectivity index (χ3v) is 3.35. The minimum Gasteiger partial charge on any atom is -0.383 e. The summed E-state index contributed by atoms with van der Waals surface area (Å²) >= 11 is 0. The molecule has 8 heteroatoms. The molecule has 1 atom stereocenters. The Hall–Kier alpha value is -2.74. The molecule has 24 heavy (non-hydrogen) atoms. The zero-order valence-corrected chi connectivity index (χ0v) is 13.7. The molecule has 1 aromatic carbocycles. The lowest BCUT2D eigenvalue weighted by atomic mass is 10.1. The first-order valence-electron chi connectivity index (χ1n) is 7.64. The molecule has 0 amide bonds. The number of nitrogens with one attached hydrogen (secondary N) is 2. The highest BCUT2D eigenvalue weighted by Gasteiger charge is 2.23. The van der Waals surface area contributed by atoms with Crippen molar-refractivity contribution in [2.24, 2.45) is 0 Å². The van der Waals surface area contributed by atoms with E-state index in [0.717, 1.165) is 12.0 Å². The zero-order chi connectivity index (χ0) is 17.4. The van der Waals surface area contributed by atoms with Crippen LogP contribution in [0.5, 0.6) is 0 Å². The van der Waals surface area contributed by atoms with Crippen LogP contribution in [0.2, 0.25) is 0 Å². The molecule has 1 aromatic heterocycles. The summed E-state index contributed by atoms with van der Waals surface area (Å²) in [5.41, 5.74) is 0.988. The van der Waals surface area contributed by atoms with Crippen LogP contribution < -0.4 is 10.6 Å². The molecule has 0 saturated heterocycles. The van der Waals surface area contributed by atoms with Gasteiger partial charge in [0, 0.05) is 19.7 Å². The fraction of sp³-hybridized carbons (Fsp3) is 0.375. The normalized spacial score (nSPS) is 11.8. The van der Waals surface area contributed by atoms with Gasteiger partial charge in [0.15, 0.2) is 0 Å². The molecule has 0 radical (unpaired) electrons. The van der Waals surface area contributed by atoms with Gasteiger partial charge in [0.25, 0.3) is 0 Å². The predicted octanol–water partition coefficient (Wildman–Crippen LogP) is 2.49. The Balaban J connectivity index is 2.09. The van der Waals surface area contributed by atoms with E-state index in [0.29, 0.717) is 13.2 Å². The van der Waals surface area contributed by atoms with E-state index in [1.54, 1.807) is 7.11 Å². The van der Waals surface area contributed by atoms with E-state index in [4.69, 9.17) is 4.74 Å². The van der Waals surface area contributed by atoms with E-state index < -0.39 is 4.92 Å². The quantitative estimate of drug-likeness (QED) is 0.537. The lowest BCUT2D eigenvalue weighted by molar-refractivity contribution is -0.383. The van der Waals surface area contributed by atoms with Gasteiger partial charge in [-0.1, -0.05) is 30.3 Å². The van der Waals surface area contributed by atoms with E-state index in [2.05, 4.69) is 20.6 Å². The highest BCUT2D eigenvalue weighted by Crippen LogP contribution is 2.29. The van der Waals surface area contributed by atoms with Gasteiger partial charge in [0.1, 0.15) is 6.33 Å². The molecular formula is C16H21N5O3. The summed E-state index contributed by atoms with van der Waals surface area (Å²) < 4.78 is 5.03. The van der Waals surface area contributed by atoms with E-state index in [-0.39, 0.29) is 23.4 Å². The van der Waals surface area contributed by atoms with Gasteiger partial charge >= 0.3 is 5.69 Å². The molecule has 0 aliphatic rings. The van der Waals surface area contributed by atoms with Gasteiger partial charge in [-0.15, -0.1) is 0 Å². The second kappa shape index (κ2) is 8.78. The van der Waals surface area contributed by atoms with Gasteiger partial charge in [0.2, 0.25) is 11.6 Å². The van der Waals surface area contributed by atoms with Crippen LogP contribution in [0.25, 0.3) is 0 Å². The molecule has 2 N–H and O–H groups in total. The van der Waals surface area contributed by atoms with Crippen molar-refractivity contribution in [2.75, 3.05) is 30.9 Å². The minimum atomic E-state index is -0.479. The number of aromatic nitrogens is 2.